The van der Waals surface area contributed by atoms with Gasteiger partial charge in [0.1, 0.15) is 23.2 Å². The highest BCUT2D eigenvalue weighted by molar-refractivity contribution is 6.09. The topological polar surface area (TPSA) is 42.6 Å². The lowest BCUT2D eigenvalue weighted by atomic mass is 10.0. The van der Waals surface area contributed by atoms with Crippen LogP contribution < -0.4 is 4.74 Å². The first-order chi connectivity index (χ1) is 17.8. The fourth-order valence-electron chi connectivity index (χ4n) is 5.29. The van der Waals surface area contributed by atoms with Crippen LogP contribution >= 0.6 is 0 Å². The summed E-state index contributed by atoms with van der Waals surface area (Å²) in [6.45, 7) is 0. The lowest BCUT2D eigenvalue weighted by molar-refractivity contribution is 0.437. The maximum atomic E-state index is 6.39. The first-order valence-electron chi connectivity index (χ1n) is 12.1. The number of hydrogen-bond acceptors (Lipinski definition) is 4. The summed E-state index contributed by atoms with van der Waals surface area (Å²) in [5.74, 6) is 3.43. The molecule has 0 saturated heterocycles. The van der Waals surface area contributed by atoms with Gasteiger partial charge in [-0.15, -0.1) is 0 Å². The molecule has 2 unspecified atom stereocenters. The van der Waals surface area contributed by atoms with E-state index in [1.165, 1.54) is 10.8 Å². The third-order valence-electron chi connectivity index (χ3n) is 6.98. The molecule has 2 atom stereocenters. The predicted molar refractivity (Wildman–Crippen MR) is 145 cm³/mol. The van der Waals surface area contributed by atoms with Gasteiger partial charge in [0, 0.05) is 35.6 Å². The Labute approximate surface area is 209 Å². The molecule has 2 aliphatic rings. The molecule has 3 heterocycles. The van der Waals surface area contributed by atoms with E-state index in [2.05, 4.69) is 94.3 Å². The lowest BCUT2D eigenvalue weighted by Gasteiger charge is -2.24. The quantitative estimate of drug-likeness (QED) is 0.301. The van der Waals surface area contributed by atoms with Crippen LogP contribution in [0.3, 0.4) is 0 Å². The van der Waals surface area contributed by atoms with Crippen LogP contribution in [0.2, 0.25) is 0 Å². The maximum Gasteiger partial charge on any atom is 0.137 e. The molecular weight excluding hydrogens is 444 g/mol. The lowest BCUT2D eigenvalue weighted by Crippen LogP contribution is -2.35. The van der Waals surface area contributed by atoms with Crippen molar-refractivity contribution in [1.29, 1.82) is 0 Å². The Morgan fingerprint density at radius 2 is 1.58 bits per heavy atom. The summed E-state index contributed by atoms with van der Waals surface area (Å²) >= 11 is 0. The zero-order valence-electron chi connectivity index (χ0n) is 19.8. The molecule has 1 aliphatic heterocycles. The largest absolute Gasteiger partial charge is 0.457 e. The van der Waals surface area contributed by atoms with Crippen molar-refractivity contribution >= 4 is 27.6 Å². The molecule has 2 aromatic heterocycles. The summed E-state index contributed by atoms with van der Waals surface area (Å²) in [5, 5.41) is 2.36. The van der Waals surface area contributed by atoms with Crippen molar-refractivity contribution in [2.24, 2.45) is 4.99 Å². The number of nitrogens with zero attached hydrogens (tertiary/aromatic N) is 4. The van der Waals surface area contributed by atoms with Crippen molar-refractivity contribution in [3.8, 4) is 17.3 Å². The van der Waals surface area contributed by atoms with Crippen molar-refractivity contribution in [1.82, 2.24) is 14.5 Å². The Bertz CT molecular complexity index is 1700. The number of aliphatic imine (C=N–C) groups is 1. The van der Waals surface area contributed by atoms with E-state index in [4.69, 9.17) is 9.73 Å². The molecular formula is C31H24N4O. The summed E-state index contributed by atoms with van der Waals surface area (Å²) in [5.41, 5.74) is 3.23. The SMILES string of the molecule is CN1C(c2cccc(Oc3ccc4c5ccccc5n(-c5ccccn5)c4c3)c2)=NC2C=CC=CC21. The van der Waals surface area contributed by atoms with Crippen molar-refractivity contribution in [2.45, 2.75) is 12.1 Å². The summed E-state index contributed by atoms with van der Waals surface area (Å²) in [6, 6.07) is 29.3. The third kappa shape index (κ3) is 3.32. The van der Waals surface area contributed by atoms with Gasteiger partial charge < -0.3 is 9.64 Å². The fraction of sp³-hybridized carbons (Fsp3) is 0.0968. The number of pyridine rings is 1. The molecule has 0 bridgehead atoms. The number of allylic oxidation sites excluding steroid dienone is 2. The van der Waals surface area contributed by atoms with E-state index in [0.717, 1.165) is 39.7 Å². The molecule has 0 radical (unpaired) electrons. The van der Waals surface area contributed by atoms with E-state index in [9.17, 15) is 0 Å². The van der Waals surface area contributed by atoms with E-state index in [0.29, 0.717) is 0 Å². The highest BCUT2D eigenvalue weighted by Crippen LogP contribution is 2.35. The number of aromatic nitrogens is 2. The van der Waals surface area contributed by atoms with Crippen molar-refractivity contribution in [3.05, 3.63) is 121 Å². The van der Waals surface area contributed by atoms with Crippen LogP contribution in [0, 0.1) is 0 Å². The summed E-state index contributed by atoms with van der Waals surface area (Å²) in [4.78, 5) is 11.8. The second-order valence-corrected chi connectivity index (χ2v) is 9.16. The second kappa shape index (κ2) is 8.24. The number of amidine groups is 1. The van der Waals surface area contributed by atoms with Crippen molar-refractivity contribution in [2.75, 3.05) is 7.05 Å². The molecule has 1 aliphatic carbocycles. The number of hydrogen-bond donors (Lipinski definition) is 0. The van der Waals surface area contributed by atoms with Crippen LogP contribution in [0.4, 0.5) is 0 Å². The normalized spacial score (nSPS) is 18.6. The average Bonchev–Trinajstić information content (AvgIpc) is 3.44. The van der Waals surface area contributed by atoms with Gasteiger partial charge in [-0.05, 0) is 42.5 Å². The number of ether oxygens (including phenoxy) is 1. The van der Waals surface area contributed by atoms with E-state index < -0.39 is 0 Å². The first kappa shape index (κ1) is 20.7. The Hall–Kier alpha value is -4.64. The summed E-state index contributed by atoms with van der Waals surface area (Å²) < 4.78 is 8.59. The van der Waals surface area contributed by atoms with Crippen LogP contribution in [0.1, 0.15) is 5.56 Å². The molecule has 174 valence electrons. The van der Waals surface area contributed by atoms with E-state index >= 15 is 0 Å². The minimum Gasteiger partial charge on any atom is -0.457 e. The van der Waals surface area contributed by atoms with Crippen molar-refractivity contribution < 1.29 is 4.74 Å². The number of rotatable bonds is 4. The standard InChI is InChI=1S/C31H24N4O/c1-34-28-14-5-3-12-26(28)33-31(34)21-9-8-10-22(19-21)36-23-16-17-25-24-11-2-4-13-27(24)35(29(25)20-23)30-15-6-7-18-32-30/h2-20,26,28H,1H3. The fourth-order valence-corrected chi connectivity index (χ4v) is 5.29. The average molecular weight is 469 g/mol. The molecule has 36 heavy (non-hydrogen) atoms. The first-order valence-corrected chi connectivity index (χ1v) is 12.1. The summed E-state index contributed by atoms with van der Waals surface area (Å²) in [6.07, 6.45) is 10.4. The highest BCUT2D eigenvalue weighted by Gasteiger charge is 2.32. The molecule has 3 aromatic carbocycles. The van der Waals surface area contributed by atoms with E-state index in [1.807, 2.05) is 42.6 Å². The highest BCUT2D eigenvalue weighted by atomic mass is 16.5. The smallest absolute Gasteiger partial charge is 0.137 e. The molecule has 7 rings (SSSR count). The van der Waals surface area contributed by atoms with E-state index in [-0.39, 0.29) is 12.1 Å². The molecule has 0 N–H and O–H groups in total. The summed E-state index contributed by atoms with van der Waals surface area (Å²) in [7, 11) is 2.10. The number of para-hydroxylation sites is 1. The van der Waals surface area contributed by atoms with Gasteiger partial charge in [0.25, 0.3) is 0 Å². The molecule has 5 aromatic rings. The molecule has 0 saturated carbocycles. The van der Waals surface area contributed by atoms with Crippen LogP contribution in [0.25, 0.3) is 27.6 Å². The minimum absolute atomic E-state index is 0.162. The number of benzene rings is 3. The van der Waals surface area contributed by atoms with Crippen LogP contribution in [-0.2, 0) is 0 Å². The third-order valence-corrected chi connectivity index (χ3v) is 6.98. The van der Waals surface area contributed by atoms with Gasteiger partial charge in [0.2, 0.25) is 0 Å². The molecule has 0 fully saturated rings. The van der Waals surface area contributed by atoms with Gasteiger partial charge in [0.05, 0.1) is 23.1 Å². The van der Waals surface area contributed by atoms with Crippen LogP contribution in [0.5, 0.6) is 11.5 Å². The van der Waals surface area contributed by atoms with Gasteiger partial charge in [-0.2, -0.15) is 0 Å². The van der Waals surface area contributed by atoms with Crippen molar-refractivity contribution in [3.63, 3.8) is 0 Å². The predicted octanol–water partition coefficient (Wildman–Crippen LogP) is 6.53. The minimum atomic E-state index is 0.162. The Morgan fingerprint density at radius 1 is 0.750 bits per heavy atom. The van der Waals surface area contributed by atoms with E-state index in [1.54, 1.807) is 0 Å². The number of likely N-dealkylation sites (N-methyl/N-ethyl adjacent to an activating group) is 1. The van der Waals surface area contributed by atoms with Gasteiger partial charge in [-0.25, -0.2) is 4.98 Å². The van der Waals surface area contributed by atoms with Crippen LogP contribution in [-0.4, -0.2) is 39.4 Å². The van der Waals surface area contributed by atoms with Gasteiger partial charge in [-0.3, -0.25) is 9.56 Å². The molecule has 0 amide bonds. The zero-order valence-corrected chi connectivity index (χ0v) is 19.8. The Balaban J connectivity index is 1.27. The maximum absolute atomic E-state index is 6.39. The monoisotopic (exact) mass is 468 g/mol. The van der Waals surface area contributed by atoms with Gasteiger partial charge in [-0.1, -0.05) is 60.7 Å². The molecule has 5 nitrogen and oxygen atoms in total. The number of fused-ring (bicyclic) bond motifs is 4. The Kier molecular flexibility index (Phi) is 4.74. The Morgan fingerprint density at radius 3 is 2.47 bits per heavy atom. The zero-order chi connectivity index (χ0) is 24.1. The second-order valence-electron chi connectivity index (χ2n) is 9.16. The molecule has 0 spiro atoms. The molecule has 5 heteroatoms. The van der Waals surface area contributed by atoms with Gasteiger partial charge in [0.15, 0.2) is 0 Å². The van der Waals surface area contributed by atoms with Crippen LogP contribution in [0.15, 0.2) is 120 Å². The van der Waals surface area contributed by atoms with Gasteiger partial charge >= 0.3 is 0 Å².